The quantitative estimate of drug-likeness (QED) is 0.845. The Morgan fingerprint density at radius 1 is 1.35 bits per heavy atom. The van der Waals surface area contributed by atoms with E-state index in [0.717, 1.165) is 6.54 Å². The number of amides is 1. The largest absolute Gasteiger partial charge is 0.497 e. The van der Waals surface area contributed by atoms with Gasteiger partial charge in [0.05, 0.1) is 12.7 Å². The molecular formula is C16H24N2O2. The number of methoxy groups -OCH3 is 1. The van der Waals surface area contributed by atoms with Crippen molar-refractivity contribution in [3.63, 3.8) is 0 Å². The van der Waals surface area contributed by atoms with E-state index in [1.54, 1.807) is 25.3 Å². The molecule has 0 aliphatic carbocycles. The van der Waals surface area contributed by atoms with Gasteiger partial charge in [-0.3, -0.25) is 4.79 Å². The van der Waals surface area contributed by atoms with Gasteiger partial charge in [-0.2, -0.15) is 0 Å². The van der Waals surface area contributed by atoms with E-state index in [-0.39, 0.29) is 11.9 Å². The molecule has 0 radical (unpaired) electrons. The maximum Gasteiger partial charge on any atom is 0.256 e. The molecule has 1 aromatic rings. The van der Waals surface area contributed by atoms with Crippen LogP contribution in [0.5, 0.6) is 5.75 Å². The summed E-state index contributed by atoms with van der Waals surface area (Å²) in [5.41, 5.74) is 7.04. The second kappa shape index (κ2) is 5.73. The molecule has 110 valence electrons. The van der Waals surface area contributed by atoms with Crippen LogP contribution in [0, 0.1) is 11.8 Å². The van der Waals surface area contributed by atoms with Gasteiger partial charge in [-0.05, 0) is 37.3 Å². The number of anilines is 1. The predicted molar refractivity (Wildman–Crippen MR) is 80.8 cm³/mol. The summed E-state index contributed by atoms with van der Waals surface area (Å²) in [7, 11) is 1.59. The normalized spacial score (nSPS) is 26.4. The van der Waals surface area contributed by atoms with Gasteiger partial charge in [0.2, 0.25) is 0 Å². The summed E-state index contributed by atoms with van der Waals surface area (Å²) in [4.78, 5) is 14.7. The topological polar surface area (TPSA) is 55.6 Å². The molecule has 3 unspecified atom stereocenters. The fraction of sp³-hybridized carbons (Fsp3) is 0.562. The second-order valence-corrected chi connectivity index (χ2v) is 5.97. The van der Waals surface area contributed by atoms with Crippen molar-refractivity contribution in [1.29, 1.82) is 0 Å². The summed E-state index contributed by atoms with van der Waals surface area (Å²) in [6.07, 6.45) is 1.17. The Kier molecular flexibility index (Phi) is 4.21. The highest BCUT2D eigenvalue weighted by atomic mass is 16.5. The van der Waals surface area contributed by atoms with Crippen LogP contribution in [0.1, 0.15) is 37.6 Å². The summed E-state index contributed by atoms with van der Waals surface area (Å²) in [5.74, 6) is 1.75. The molecule has 0 aromatic heterocycles. The van der Waals surface area contributed by atoms with E-state index in [0.29, 0.717) is 28.8 Å². The van der Waals surface area contributed by atoms with Crippen molar-refractivity contribution in [2.45, 2.75) is 33.2 Å². The maximum absolute atomic E-state index is 12.7. The van der Waals surface area contributed by atoms with Crippen LogP contribution in [0.3, 0.4) is 0 Å². The van der Waals surface area contributed by atoms with Gasteiger partial charge >= 0.3 is 0 Å². The third-order valence-corrected chi connectivity index (χ3v) is 4.35. The average molecular weight is 276 g/mol. The van der Waals surface area contributed by atoms with Gasteiger partial charge in [0.1, 0.15) is 5.75 Å². The Bertz CT molecular complexity index is 501. The number of nitrogens with two attached hydrogens (primary N) is 1. The number of hydrogen-bond donors (Lipinski definition) is 1. The van der Waals surface area contributed by atoms with Crippen LogP contribution in [0.4, 0.5) is 5.69 Å². The van der Waals surface area contributed by atoms with E-state index in [4.69, 9.17) is 10.5 Å². The smallest absolute Gasteiger partial charge is 0.256 e. The van der Waals surface area contributed by atoms with Gasteiger partial charge < -0.3 is 15.4 Å². The molecule has 0 saturated carbocycles. The fourth-order valence-electron chi connectivity index (χ4n) is 3.00. The highest BCUT2D eigenvalue weighted by Gasteiger charge is 2.32. The van der Waals surface area contributed by atoms with Crippen molar-refractivity contribution < 1.29 is 9.53 Å². The fourth-order valence-corrected chi connectivity index (χ4v) is 3.00. The zero-order valence-corrected chi connectivity index (χ0v) is 12.7. The Morgan fingerprint density at radius 2 is 2.05 bits per heavy atom. The summed E-state index contributed by atoms with van der Waals surface area (Å²) < 4.78 is 5.13. The predicted octanol–water partition coefficient (Wildman–Crippen LogP) is 2.78. The van der Waals surface area contributed by atoms with Crippen LogP contribution < -0.4 is 10.5 Å². The van der Waals surface area contributed by atoms with E-state index in [2.05, 4.69) is 20.8 Å². The number of piperidine rings is 1. The van der Waals surface area contributed by atoms with Gasteiger partial charge in [0, 0.05) is 24.3 Å². The minimum atomic E-state index is 0.0241. The molecule has 2 N–H and O–H groups in total. The van der Waals surface area contributed by atoms with Gasteiger partial charge in [0.15, 0.2) is 0 Å². The third kappa shape index (κ3) is 2.74. The van der Waals surface area contributed by atoms with Gasteiger partial charge in [-0.25, -0.2) is 0 Å². The van der Waals surface area contributed by atoms with Crippen LogP contribution in [0.25, 0.3) is 0 Å². The van der Waals surface area contributed by atoms with Crippen LogP contribution in [-0.2, 0) is 0 Å². The van der Waals surface area contributed by atoms with Crippen molar-refractivity contribution in [2.24, 2.45) is 11.8 Å². The Morgan fingerprint density at radius 3 is 2.65 bits per heavy atom. The van der Waals surface area contributed by atoms with Gasteiger partial charge in [0.25, 0.3) is 5.91 Å². The van der Waals surface area contributed by atoms with Crippen LogP contribution in [0.15, 0.2) is 18.2 Å². The lowest BCUT2D eigenvalue weighted by Gasteiger charge is -2.41. The first-order valence-electron chi connectivity index (χ1n) is 7.18. The standard InChI is InChI=1S/C16H24N2O2/c1-10-7-11(2)12(3)18(9-10)16(19)14-6-5-13(20-4)8-15(14)17/h5-6,8,10-12H,7,9,17H2,1-4H3. The molecule has 1 amide bonds. The number of benzene rings is 1. The minimum absolute atomic E-state index is 0.0241. The summed E-state index contributed by atoms with van der Waals surface area (Å²) in [5, 5.41) is 0. The molecule has 0 bridgehead atoms. The number of ether oxygens (including phenoxy) is 1. The van der Waals surface area contributed by atoms with Crippen LogP contribution >= 0.6 is 0 Å². The van der Waals surface area contributed by atoms with Crippen molar-refractivity contribution in [2.75, 3.05) is 19.4 Å². The van der Waals surface area contributed by atoms with Gasteiger partial charge in [-0.15, -0.1) is 0 Å². The summed E-state index contributed by atoms with van der Waals surface area (Å²) in [6.45, 7) is 7.32. The number of nitrogens with zero attached hydrogens (tertiary/aromatic N) is 1. The lowest BCUT2D eigenvalue weighted by atomic mass is 9.85. The van der Waals surface area contributed by atoms with Crippen molar-refractivity contribution in [3.8, 4) is 5.75 Å². The zero-order valence-electron chi connectivity index (χ0n) is 12.7. The van der Waals surface area contributed by atoms with Crippen molar-refractivity contribution in [3.05, 3.63) is 23.8 Å². The number of nitrogen functional groups attached to an aromatic ring is 1. The first kappa shape index (κ1) is 14.7. The molecule has 4 nitrogen and oxygen atoms in total. The second-order valence-electron chi connectivity index (χ2n) is 5.97. The first-order valence-corrected chi connectivity index (χ1v) is 7.18. The highest BCUT2D eigenvalue weighted by Crippen LogP contribution is 2.30. The molecule has 2 rings (SSSR count). The lowest BCUT2D eigenvalue weighted by molar-refractivity contribution is 0.0456. The molecule has 4 heteroatoms. The lowest BCUT2D eigenvalue weighted by Crippen LogP contribution is -2.49. The van der Waals surface area contributed by atoms with Crippen LogP contribution in [-0.4, -0.2) is 30.5 Å². The van der Waals surface area contributed by atoms with E-state index in [9.17, 15) is 4.79 Å². The van der Waals surface area contributed by atoms with E-state index in [1.807, 2.05) is 4.90 Å². The molecule has 0 spiro atoms. The summed E-state index contributed by atoms with van der Waals surface area (Å²) >= 11 is 0. The zero-order chi connectivity index (χ0) is 14.9. The molecule has 1 aromatic carbocycles. The van der Waals surface area contributed by atoms with Gasteiger partial charge in [-0.1, -0.05) is 13.8 Å². The Hall–Kier alpha value is -1.71. The number of rotatable bonds is 2. The van der Waals surface area contributed by atoms with E-state index < -0.39 is 0 Å². The average Bonchev–Trinajstić information content (AvgIpc) is 2.41. The van der Waals surface area contributed by atoms with E-state index in [1.165, 1.54) is 6.42 Å². The van der Waals surface area contributed by atoms with E-state index >= 15 is 0 Å². The molecular weight excluding hydrogens is 252 g/mol. The minimum Gasteiger partial charge on any atom is -0.497 e. The number of hydrogen-bond acceptors (Lipinski definition) is 3. The number of carbonyl (C=O) groups is 1. The molecule has 1 aliphatic heterocycles. The number of likely N-dealkylation sites (tertiary alicyclic amines) is 1. The van der Waals surface area contributed by atoms with Crippen LogP contribution in [0.2, 0.25) is 0 Å². The molecule has 3 atom stereocenters. The Balaban J connectivity index is 2.26. The molecule has 20 heavy (non-hydrogen) atoms. The molecule has 1 aliphatic rings. The molecule has 1 heterocycles. The SMILES string of the molecule is COc1ccc(C(=O)N2CC(C)CC(C)C2C)c(N)c1. The first-order chi connectivity index (χ1) is 9.43. The maximum atomic E-state index is 12.7. The molecule has 1 saturated heterocycles. The Labute approximate surface area is 120 Å². The third-order valence-electron chi connectivity index (χ3n) is 4.35. The van der Waals surface area contributed by atoms with Crippen molar-refractivity contribution >= 4 is 11.6 Å². The summed E-state index contributed by atoms with van der Waals surface area (Å²) in [6, 6.07) is 5.49. The molecule has 1 fully saturated rings. The highest BCUT2D eigenvalue weighted by molar-refractivity contribution is 5.99. The monoisotopic (exact) mass is 276 g/mol. The number of carbonyl (C=O) groups excluding carboxylic acids is 1. The van der Waals surface area contributed by atoms with Crippen molar-refractivity contribution in [1.82, 2.24) is 4.90 Å².